The molecule has 0 saturated carbocycles. The summed E-state index contributed by atoms with van der Waals surface area (Å²) in [6.45, 7) is 0.0435. The molecule has 122 valence electrons. The third kappa shape index (κ3) is 3.36. The molecule has 0 fully saturated rings. The van der Waals surface area contributed by atoms with Gasteiger partial charge >= 0.3 is 0 Å². The molecule has 0 spiro atoms. The van der Waals surface area contributed by atoms with Crippen molar-refractivity contribution in [2.45, 2.75) is 6.54 Å². The monoisotopic (exact) mass is 346 g/mol. The number of aromatic nitrogens is 1. The highest BCUT2D eigenvalue weighted by Gasteiger charge is 2.15. The first-order chi connectivity index (χ1) is 11.4. The van der Waals surface area contributed by atoms with Gasteiger partial charge in [0.15, 0.2) is 0 Å². The van der Waals surface area contributed by atoms with Gasteiger partial charge in [-0.1, -0.05) is 17.7 Å². The minimum Gasteiger partial charge on any atom is -0.337 e. The second-order valence-corrected chi connectivity index (χ2v) is 5.83. The standard InChI is InChI=1S/C18H13ClF2N2O/c1-23(10-13-2-5-14(20)9-15(13)21)18(24)12-3-6-16-11(8-12)4-7-17(19)22-16/h2-9H,10H2,1H3. The lowest BCUT2D eigenvalue weighted by atomic mass is 10.1. The average Bonchev–Trinajstić information content (AvgIpc) is 2.56. The summed E-state index contributed by atoms with van der Waals surface area (Å²) in [5, 5.41) is 1.16. The molecule has 3 nitrogen and oxygen atoms in total. The van der Waals surface area contributed by atoms with Crippen molar-refractivity contribution in [1.29, 1.82) is 0 Å². The number of benzene rings is 2. The fraction of sp³-hybridized carbons (Fsp3) is 0.111. The molecule has 1 aromatic heterocycles. The summed E-state index contributed by atoms with van der Waals surface area (Å²) < 4.78 is 26.7. The normalized spacial score (nSPS) is 10.8. The molecule has 2 aromatic carbocycles. The topological polar surface area (TPSA) is 33.2 Å². The summed E-state index contributed by atoms with van der Waals surface area (Å²) in [5.74, 6) is -1.59. The quantitative estimate of drug-likeness (QED) is 0.657. The fourth-order valence-corrected chi connectivity index (χ4v) is 2.59. The Morgan fingerprint density at radius 3 is 2.67 bits per heavy atom. The van der Waals surface area contributed by atoms with Gasteiger partial charge in [0.1, 0.15) is 16.8 Å². The number of amides is 1. The van der Waals surface area contributed by atoms with Gasteiger partial charge in [0, 0.05) is 36.2 Å². The van der Waals surface area contributed by atoms with Gasteiger partial charge in [-0.2, -0.15) is 0 Å². The maximum atomic E-state index is 13.7. The second kappa shape index (κ2) is 6.53. The molecule has 3 rings (SSSR count). The molecule has 6 heteroatoms. The van der Waals surface area contributed by atoms with Gasteiger partial charge in [0.25, 0.3) is 5.91 Å². The Labute approximate surface area is 142 Å². The van der Waals surface area contributed by atoms with Gasteiger partial charge in [-0.3, -0.25) is 4.79 Å². The van der Waals surface area contributed by atoms with E-state index in [-0.39, 0.29) is 18.0 Å². The third-order valence-electron chi connectivity index (χ3n) is 3.67. The van der Waals surface area contributed by atoms with E-state index in [0.717, 1.165) is 11.5 Å². The molecule has 0 N–H and O–H groups in total. The van der Waals surface area contributed by atoms with Crippen molar-refractivity contribution in [3.63, 3.8) is 0 Å². The first-order valence-electron chi connectivity index (χ1n) is 7.20. The Bertz CT molecular complexity index is 930. The summed E-state index contributed by atoms with van der Waals surface area (Å²) in [7, 11) is 1.56. The van der Waals surface area contributed by atoms with Crippen LogP contribution in [0.1, 0.15) is 15.9 Å². The summed E-state index contributed by atoms with van der Waals surface area (Å²) in [5.41, 5.74) is 1.39. The van der Waals surface area contributed by atoms with E-state index in [0.29, 0.717) is 16.2 Å². The zero-order valence-electron chi connectivity index (χ0n) is 12.8. The lowest BCUT2D eigenvalue weighted by Crippen LogP contribution is -2.26. The highest BCUT2D eigenvalue weighted by molar-refractivity contribution is 6.29. The van der Waals surface area contributed by atoms with Crippen molar-refractivity contribution in [3.05, 3.63) is 76.4 Å². The van der Waals surface area contributed by atoms with Crippen LogP contribution in [0.5, 0.6) is 0 Å². The van der Waals surface area contributed by atoms with Crippen LogP contribution in [0, 0.1) is 11.6 Å². The third-order valence-corrected chi connectivity index (χ3v) is 3.88. The molecule has 1 amide bonds. The van der Waals surface area contributed by atoms with Crippen LogP contribution in [-0.2, 0) is 6.54 Å². The lowest BCUT2D eigenvalue weighted by molar-refractivity contribution is 0.0784. The predicted octanol–water partition coefficient (Wildman–Crippen LogP) is 4.44. The molecule has 0 aliphatic rings. The summed E-state index contributed by atoms with van der Waals surface area (Å²) in [4.78, 5) is 18.1. The number of carbonyl (C=O) groups excluding carboxylic acids is 1. The van der Waals surface area contributed by atoms with E-state index >= 15 is 0 Å². The molecule has 0 bridgehead atoms. The maximum Gasteiger partial charge on any atom is 0.253 e. The Kier molecular flexibility index (Phi) is 4.44. The average molecular weight is 347 g/mol. The Balaban J connectivity index is 1.83. The zero-order chi connectivity index (χ0) is 17.3. The minimum atomic E-state index is -0.674. The van der Waals surface area contributed by atoms with Crippen molar-refractivity contribution in [2.24, 2.45) is 0 Å². The number of halogens is 3. The van der Waals surface area contributed by atoms with E-state index in [1.165, 1.54) is 17.0 Å². The lowest BCUT2D eigenvalue weighted by Gasteiger charge is -2.18. The van der Waals surface area contributed by atoms with Gasteiger partial charge in [0.2, 0.25) is 0 Å². The van der Waals surface area contributed by atoms with Crippen molar-refractivity contribution >= 4 is 28.4 Å². The Morgan fingerprint density at radius 2 is 1.92 bits per heavy atom. The maximum absolute atomic E-state index is 13.7. The van der Waals surface area contributed by atoms with Crippen LogP contribution in [0.15, 0.2) is 48.5 Å². The van der Waals surface area contributed by atoms with Crippen molar-refractivity contribution in [3.8, 4) is 0 Å². The predicted molar refractivity (Wildman–Crippen MR) is 88.9 cm³/mol. The molecule has 0 aliphatic heterocycles. The van der Waals surface area contributed by atoms with Crippen molar-refractivity contribution < 1.29 is 13.6 Å². The second-order valence-electron chi connectivity index (χ2n) is 5.44. The van der Waals surface area contributed by atoms with Gasteiger partial charge in [-0.15, -0.1) is 0 Å². The first kappa shape index (κ1) is 16.3. The number of hydrogen-bond acceptors (Lipinski definition) is 2. The molecular weight excluding hydrogens is 334 g/mol. The van der Waals surface area contributed by atoms with Crippen LogP contribution in [0.4, 0.5) is 8.78 Å². The summed E-state index contributed by atoms with van der Waals surface area (Å²) >= 11 is 5.84. The molecule has 0 saturated heterocycles. The molecule has 1 heterocycles. The molecule has 24 heavy (non-hydrogen) atoms. The van der Waals surface area contributed by atoms with E-state index < -0.39 is 11.6 Å². The Morgan fingerprint density at radius 1 is 1.12 bits per heavy atom. The van der Waals surface area contributed by atoms with Gasteiger partial charge in [-0.25, -0.2) is 13.8 Å². The van der Waals surface area contributed by atoms with Crippen molar-refractivity contribution in [1.82, 2.24) is 9.88 Å². The van der Waals surface area contributed by atoms with Gasteiger partial charge in [0.05, 0.1) is 5.52 Å². The fourth-order valence-electron chi connectivity index (χ4n) is 2.43. The molecule has 0 aliphatic carbocycles. The highest BCUT2D eigenvalue weighted by atomic mass is 35.5. The highest BCUT2D eigenvalue weighted by Crippen LogP contribution is 2.19. The van der Waals surface area contributed by atoms with E-state index in [1.54, 1.807) is 37.4 Å². The largest absolute Gasteiger partial charge is 0.337 e. The Hall–Kier alpha value is -2.53. The van der Waals surface area contributed by atoms with Gasteiger partial charge < -0.3 is 4.90 Å². The number of rotatable bonds is 3. The number of fused-ring (bicyclic) bond motifs is 1. The van der Waals surface area contributed by atoms with Crippen LogP contribution in [0.3, 0.4) is 0 Å². The van der Waals surface area contributed by atoms with E-state index in [1.807, 2.05) is 0 Å². The van der Waals surface area contributed by atoms with Crippen LogP contribution in [0.2, 0.25) is 5.15 Å². The first-order valence-corrected chi connectivity index (χ1v) is 7.57. The van der Waals surface area contributed by atoms with Crippen LogP contribution in [0.25, 0.3) is 10.9 Å². The number of carbonyl (C=O) groups is 1. The zero-order valence-corrected chi connectivity index (χ0v) is 13.5. The molecule has 0 atom stereocenters. The summed E-state index contributed by atoms with van der Waals surface area (Å²) in [6, 6.07) is 11.8. The molecule has 0 unspecified atom stereocenters. The number of pyridine rings is 1. The van der Waals surface area contributed by atoms with E-state index in [4.69, 9.17) is 11.6 Å². The molecule has 3 aromatic rings. The van der Waals surface area contributed by atoms with Crippen molar-refractivity contribution in [2.75, 3.05) is 7.05 Å². The number of hydrogen-bond donors (Lipinski definition) is 0. The minimum absolute atomic E-state index is 0.0435. The molecule has 0 radical (unpaired) electrons. The van der Waals surface area contributed by atoms with Crippen LogP contribution in [-0.4, -0.2) is 22.8 Å². The smallest absolute Gasteiger partial charge is 0.253 e. The SMILES string of the molecule is CN(Cc1ccc(F)cc1F)C(=O)c1ccc2nc(Cl)ccc2c1. The van der Waals surface area contributed by atoms with Crippen LogP contribution < -0.4 is 0 Å². The van der Waals surface area contributed by atoms with E-state index in [2.05, 4.69) is 4.98 Å². The van der Waals surface area contributed by atoms with E-state index in [9.17, 15) is 13.6 Å². The summed E-state index contributed by atoms with van der Waals surface area (Å²) in [6.07, 6.45) is 0. The van der Waals surface area contributed by atoms with Gasteiger partial charge in [-0.05, 0) is 36.4 Å². The van der Waals surface area contributed by atoms with Crippen LogP contribution >= 0.6 is 11.6 Å². The number of nitrogens with zero attached hydrogens (tertiary/aromatic N) is 2. The molecular formula is C18H13ClF2N2O.